The van der Waals surface area contributed by atoms with Crippen molar-refractivity contribution in [2.24, 2.45) is 0 Å². The van der Waals surface area contributed by atoms with Gasteiger partial charge in [0.25, 0.3) is 0 Å². The normalized spacial score (nSPS) is 12.9. The Kier molecular flexibility index (Phi) is 11.8. The summed E-state index contributed by atoms with van der Waals surface area (Å²) in [5.41, 5.74) is 0. The molecule has 0 aromatic rings. The van der Waals surface area contributed by atoms with Crippen LogP contribution in [0.2, 0.25) is 12.1 Å². The molecule has 7 nitrogen and oxygen atoms in total. The van der Waals surface area contributed by atoms with Crippen molar-refractivity contribution >= 4 is 17.6 Å². The van der Waals surface area contributed by atoms with Gasteiger partial charge in [-0.3, -0.25) is 0 Å². The summed E-state index contributed by atoms with van der Waals surface area (Å²) in [6.07, 6.45) is 1.78. The summed E-state index contributed by atoms with van der Waals surface area (Å²) in [6.45, 7) is 1.54. The minimum atomic E-state index is -2.45. The van der Waals surface area contributed by atoms with Gasteiger partial charge in [-0.05, 0) is 12.8 Å². The Balaban J connectivity index is 3.78. The van der Waals surface area contributed by atoms with E-state index in [1.807, 2.05) is 0 Å². The van der Waals surface area contributed by atoms with Gasteiger partial charge in [0.15, 0.2) is 0 Å². The summed E-state index contributed by atoms with van der Waals surface area (Å²) in [7, 11) is 4.86. The van der Waals surface area contributed by atoms with Gasteiger partial charge in [-0.1, -0.05) is 0 Å². The number of hydrogen-bond acceptors (Lipinski definition) is 6. The molecule has 0 aliphatic rings. The molecule has 0 N–H and O–H groups in total. The van der Waals surface area contributed by atoms with Gasteiger partial charge in [-0.2, -0.15) is 0 Å². The van der Waals surface area contributed by atoms with Crippen molar-refractivity contribution in [2.75, 3.05) is 55.7 Å². The molecule has 0 fully saturated rings. The first-order chi connectivity index (χ1) is 10.1. The van der Waals surface area contributed by atoms with Crippen LogP contribution in [0, 0.1) is 0 Å². The highest BCUT2D eigenvalue weighted by Gasteiger charge is 2.37. The average Bonchev–Trinajstić information content (AvgIpc) is 2.55. The molecular weight excluding hydrogens is 310 g/mol. The third kappa shape index (κ3) is 7.30. The van der Waals surface area contributed by atoms with Gasteiger partial charge in [0.2, 0.25) is 0 Å². The summed E-state index contributed by atoms with van der Waals surface area (Å²) < 4.78 is 32.2. The van der Waals surface area contributed by atoms with Crippen LogP contribution in [0.1, 0.15) is 12.8 Å². The SMILES string of the molecule is CO[Si](CCC[N]CCC[Si](OC)(OC)OC)(OC)OC. The van der Waals surface area contributed by atoms with Gasteiger partial charge < -0.3 is 26.6 Å². The quantitative estimate of drug-likeness (QED) is 0.349. The molecule has 9 heteroatoms. The zero-order valence-corrected chi connectivity index (χ0v) is 16.1. The fraction of sp³-hybridized carbons (Fsp3) is 1.00. The Morgan fingerprint density at radius 2 is 0.857 bits per heavy atom. The largest absolute Gasteiger partial charge is 0.500 e. The fourth-order valence-corrected chi connectivity index (χ4v) is 5.45. The maximum atomic E-state index is 5.36. The minimum Gasteiger partial charge on any atom is -0.377 e. The standard InChI is InChI=1S/C12H30NO6Si2/c1-14-20(15-2,16-3)11-7-9-13-10-8-12-21(17-4,18-5)19-6/h7-12H2,1-6H3. The number of hydrogen-bond donors (Lipinski definition) is 0. The van der Waals surface area contributed by atoms with Crippen LogP contribution in [-0.2, 0) is 26.6 Å². The van der Waals surface area contributed by atoms with E-state index in [9.17, 15) is 0 Å². The smallest absolute Gasteiger partial charge is 0.377 e. The highest BCUT2D eigenvalue weighted by molar-refractivity contribution is 6.60. The van der Waals surface area contributed by atoms with Crippen LogP contribution < -0.4 is 5.32 Å². The average molecular weight is 341 g/mol. The van der Waals surface area contributed by atoms with Crippen molar-refractivity contribution in [1.29, 1.82) is 0 Å². The monoisotopic (exact) mass is 340 g/mol. The summed E-state index contributed by atoms with van der Waals surface area (Å²) in [5.74, 6) is 0. The molecule has 0 atom stereocenters. The van der Waals surface area contributed by atoms with Crippen LogP contribution in [0.25, 0.3) is 0 Å². The molecular formula is C12H30NO6Si2. The second kappa shape index (κ2) is 11.7. The van der Waals surface area contributed by atoms with Crippen molar-refractivity contribution < 1.29 is 26.6 Å². The molecule has 0 aliphatic heterocycles. The van der Waals surface area contributed by atoms with E-state index < -0.39 is 17.6 Å². The van der Waals surface area contributed by atoms with E-state index in [0.29, 0.717) is 0 Å². The van der Waals surface area contributed by atoms with E-state index in [1.165, 1.54) is 0 Å². The van der Waals surface area contributed by atoms with E-state index in [-0.39, 0.29) is 0 Å². The summed E-state index contributed by atoms with van der Waals surface area (Å²) >= 11 is 0. The highest BCUT2D eigenvalue weighted by Crippen LogP contribution is 2.15. The molecule has 0 heterocycles. The maximum absolute atomic E-state index is 5.36. The van der Waals surface area contributed by atoms with Crippen molar-refractivity contribution in [2.45, 2.75) is 24.9 Å². The van der Waals surface area contributed by atoms with Gasteiger partial charge in [-0.15, -0.1) is 0 Å². The maximum Gasteiger partial charge on any atom is 0.500 e. The molecule has 0 saturated carbocycles. The van der Waals surface area contributed by atoms with Crippen LogP contribution in [0.5, 0.6) is 0 Å². The molecule has 0 saturated heterocycles. The number of nitrogens with zero attached hydrogens (tertiary/aromatic N) is 1. The molecule has 0 aromatic heterocycles. The van der Waals surface area contributed by atoms with Crippen LogP contribution in [-0.4, -0.2) is 73.4 Å². The summed E-state index contributed by atoms with van der Waals surface area (Å²) in [5, 5.41) is 4.49. The molecule has 0 spiro atoms. The Morgan fingerprint density at radius 1 is 0.571 bits per heavy atom. The fourth-order valence-electron chi connectivity index (χ4n) is 2.04. The van der Waals surface area contributed by atoms with E-state index in [2.05, 4.69) is 5.32 Å². The Bertz CT molecular complexity index is 211. The zero-order chi connectivity index (χ0) is 16.2. The van der Waals surface area contributed by atoms with E-state index >= 15 is 0 Å². The van der Waals surface area contributed by atoms with Crippen LogP contribution >= 0.6 is 0 Å². The lowest BCUT2D eigenvalue weighted by Gasteiger charge is -2.24. The first-order valence-electron chi connectivity index (χ1n) is 7.01. The van der Waals surface area contributed by atoms with Crippen LogP contribution in [0.4, 0.5) is 0 Å². The number of rotatable bonds is 14. The van der Waals surface area contributed by atoms with Crippen LogP contribution in [0.3, 0.4) is 0 Å². The second-order valence-electron chi connectivity index (χ2n) is 4.47. The first kappa shape index (κ1) is 21.2. The van der Waals surface area contributed by atoms with E-state index in [4.69, 9.17) is 26.6 Å². The van der Waals surface area contributed by atoms with Gasteiger partial charge in [0.1, 0.15) is 0 Å². The van der Waals surface area contributed by atoms with Gasteiger partial charge in [-0.25, -0.2) is 5.32 Å². The third-order valence-electron chi connectivity index (χ3n) is 3.46. The van der Waals surface area contributed by atoms with Gasteiger partial charge in [0.05, 0.1) is 0 Å². The topological polar surface area (TPSA) is 69.5 Å². The Hall–Kier alpha value is 0.154. The third-order valence-corrected chi connectivity index (χ3v) is 9.13. The lowest BCUT2D eigenvalue weighted by molar-refractivity contribution is 0.123. The predicted octanol–water partition coefficient (Wildman–Crippen LogP) is 1.13. The molecule has 127 valence electrons. The second-order valence-corrected chi connectivity index (χ2v) is 10.7. The molecule has 0 amide bonds. The van der Waals surface area contributed by atoms with E-state index in [0.717, 1.165) is 38.0 Å². The lowest BCUT2D eigenvalue weighted by atomic mass is 10.4. The predicted molar refractivity (Wildman–Crippen MR) is 84.3 cm³/mol. The molecule has 1 radical (unpaired) electrons. The molecule has 0 rings (SSSR count). The van der Waals surface area contributed by atoms with E-state index in [1.54, 1.807) is 42.7 Å². The Labute approximate surface area is 130 Å². The van der Waals surface area contributed by atoms with Gasteiger partial charge in [0, 0.05) is 67.8 Å². The van der Waals surface area contributed by atoms with Crippen LogP contribution in [0.15, 0.2) is 0 Å². The van der Waals surface area contributed by atoms with Crippen molar-refractivity contribution in [1.82, 2.24) is 5.32 Å². The summed E-state index contributed by atoms with van der Waals surface area (Å²) in [6, 6.07) is 1.54. The van der Waals surface area contributed by atoms with Crippen molar-refractivity contribution in [3.05, 3.63) is 0 Å². The summed E-state index contributed by atoms with van der Waals surface area (Å²) in [4.78, 5) is 0. The van der Waals surface area contributed by atoms with Crippen molar-refractivity contribution in [3.8, 4) is 0 Å². The molecule has 0 bridgehead atoms. The zero-order valence-electron chi connectivity index (χ0n) is 14.1. The first-order valence-corrected chi connectivity index (χ1v) is 10.9. The Morgan fingerprint density at radius 3 is 1.10 bits per heavy atom. The lowest BCUT2D eigenvalue weighted by Crippen LogP contribution is -2.43. The highest BCUT2D eigenvalue weighted by atomic mass is 28.4. The van der Waals surface area contributed by atoms with Gasteiger partial charge >= 0.3 is 17.6 Å². The molecule has 0 unspecified atom stereocenters. The molecule has 0 aromatic carbocycles. The molecule has 0 aliphatic carbocycles. The molecule has 21 heavy (non-hydrogen) atoms. The van der Waals surface area contributed by atoms with Crippen molar-refractivity contribution in [3.63, 3.8) is 0 Å². The minimum absolute atomic E-state index is 0.770.